The van der Waals surface area contributed by atoms with E-state index in [9.17, 15) is 4.39 Å². The molecule has 6 heteroatoms. The molecule has 1 atom stereocenters. The van der Waals surface area contributed by atoms with Gasteiger partial charge in [0.1, 0.15) is 29.3 Å². The lowest BCUT2D eigenvalue weighted by Crippen LogP contribution is -2.24. The van der Waals surface area contributed by atoms with E-state index in [1.54, 1.807) is 12.3 Å². The van der Waals surface area contributed by atoms with Crippen molar-refractivity contribution in [1.29, 1.82) is 0 Å². The number of anilines is 2. The van der Waals surface area contributed by atoms with Crippen LogP contribution in [0.25, 0.3) is 10.9 Å². The van der Waals surface area contributed by atoms with Crippen LogP contribution in [-0.2, 0) is 0 Å². The summed E-state index contributed by atoms with van der Waals surface area (Å²) in [7, 11) is 3.78. The molecular weight excluding hydrogens is 293 g/mol. The summed E-state index contributed by atoms with van der Waals surface area (Å²) in [6.07, 6.45) is 3.14. The van der Waals surface area contributed by atoms with Crippen LogP contribution in [0, 0.1) is 5.82 Å². The van der Waals surface area contributed by atoms with Crippen LogP contribution in [0.1, 0.15) is 18.5 Å². The van der Waals surface area contributed by atoms with Crippen molar-refractivity contribution < 1.29 is 4.39 Å². The number of benzene rings is 1. The number of nitrogens with zero attached hydrogens (tertiary/aromatic N) is 4. The molecule has 0 aliphatic rings. The van der Waals surface area contributed by atoms with Crippen LogP contribution < -0.4 is 10.2 Å². The molecule has 0 amide bonds. The summed E-state index contributed by atoms with van der Waals surface area (Å²) >= 11 is 0. The third-order valence-electron chi connectivity index (χ3n) is 4.04. The first-order valence-corrected chi connectivity index (χ1v) is 7.38. The lowest BCUT2D eigenvalue weighted by Gasteiger charge is -2.28. The number of halogens is 1. The number of hydrogen-bond donors (Lipinski definition) is 1. The maximum atomic E-state index is 13.9. The lowest BCUT2D eigenvalue weighted by atomic mass is 10.1. The van der Waals surface area contributed by atoms with Gasteiger partial charge in [0.25, 0.3) is 0 Å². The minimum Gasteiger partial charge on any atom is -0.373 e. The van der Waals surface area contributed by atoms with Crippen LogP contribution in [0.5, 0.6) is 0 Å². The van der Waals surface area contributed by atoms with Crippen molar-refractivity contribution in [1.82, 2.24) is 15.0 Å². The van der Waals surface area contributed by atoms with Crippen molar-refractivity contribution in [3.63, 3.8) is 0 Å². The number of rotatable bonds is 4. The second kappa shape index (κ2) is 6.16. The number of para-hydroxylation sites is 1. The highest BCUT2D eigenvalue weighted by atomic mass is 19.1. The van der Waals surface area contributed by atoms with Gasteiger partial charge in [-0.1, -0.05) is 12.1 Å². The Balaban J connectivity index is 2.07. The summed E-state index contributed by atoms with van der Waals surface area (Å²) in [5.41, 5.74) is 1.37. The van der Waals surface area contributed by atoms with E-state index < -0.39 is 0 Å². The van der Waals surface area contributed by atoms with Crippen molar-refractivity contribution in [2.24, 2.45) is 0 Å². The van der Waals surface area contributed by atoms with Gasteiger partial charge < -0.3 is 10.2 Å². The topological polar surface area (TPSA) is 53.9 Å². The Bertz CT molecular complexity index is 836. The molecule has 0 radical (unpaired) electrons. The fourth-order valence-corrected chi connectivity index (χ4v) is 2.67. The van der Waals surface area contributed by atoms with Crippen molar-refractivity contribution >= 4 is 22.5 Å². The zero-order valence-electron chi connectivity index (χ0n) is 13.3. The van der Waals surface area contributed by atoms with Crippen LogP contribution in [0.4, 0.5) is 16.0 Å². The lowest BCUT2D eigenvalue weighted by molar-refractivity contribution is 0.636. The molecule has 0 spiro atoms. The van der Waals surface area contributed by atoms with Gasteiger partial charge in [-0.05, 0) is 25.1 Å². The first-order valence-electron chi connectivity index (χ1n) is 7.38. The minimum atomic E-state index is -0.343. The van der Waals surface area contributed by atoms with E-state index in [0.29, 0.717) is 16.7 Å². The largest absolute Gasteiger partial charge is 0.373 e. The third-order valence-corrected chi connectivity index (χ3v) is 4.04. The molecule has 1 aromatic carbocycles. The van der Waals surface area contributed by atoms with E-state index in [1.807, 2.05) is 37.2 Å². The van der Waals surface area contributed by atoms with Crippen LogP contribution in [0.2, 0.25) is 0 Å². The number of aromatic nitrogens is 3. The van der Waals surface area contributed by atoms with Gasteiger partial charge in [-0.15, -0.1) is 0 Å². The number of hydrogen-bond acceptors (Lipinski definition) is 5. The quantitative estimate of drug-likeness (QED) is 0.800. The average molecular weight is 311 g/mol. The van der Waals surface area contributed by atoms with E-state index >= 15 is 0 Å². The van der Waals surface area contributed by atoms with Gasteiger partial charge in [0.05, 0.1) is 6.04 Å². The summed E-state index contributed by atoms with van der Waals surface area (Å²) < 4.78 is 13.9. The van der Waals surface area contributed by atoms with E-state index in [2.05, 4.69) is 27.2 Å². The summed E-state index contributed by atoms with van der Waals surface area (Å²) in [5, 5.41) is 3.79. The molecule has 0 aliphatic carbocycles. The Morgan fingerprint density at radius 2 is 1.96 bits per heavy atom. The van der Waals surface area contributed by atoms with Crippen LogP contribution in [0.15, 0.2) is 42.9 Å². The number of pyridine rings is 1. The molecule has 0 fully saturated rings. The van der Waals surface area contributed by atoms with Crippen LogP contribution >= 0.6 is 0 Å². The molecule has 23 heavy (non-hydrogen) atoms. The van der Waals surface area contributed by atoms with Crippen molar-refractivity contribution in [3.05, 3.63) is 54.2 Å². The van der Waals surface area contributed by atoms with Crippen molar-refractivity contribution in [3.8, 4) is 0 Å². The molecule has 0 aliphatic heterocycles. The highest BCUT2D eigenvalue weighted by Gasteiger charge is 2.19. The average Bonchev–Trinajstić information content (AvgIpc) is 2.60. The summed E-state index contributed by atoms with van der Waals surface area (Å²) in [4.78, 5) is 14.8. The Kier molecular flexibility index (Phi) is 4.06. The molecule has 2 heterocycles. The number of nitrogens with one attached hydrogen (secondary N) is 1. The number of fused-ring (bicyclic) bond motifs is 1. The highest BCUT2D eigenvalue weighted by Crippen LogP contribution is 2.31. The second-order valence-corrected chi connectivity index (χ2v) is 5.31. The Labute approximate surface area is 134 Å². The fourth-order valence-electron chi connectivity index (χ4n) is 2.67. The predicted octanol–water partition coefficient (Wildman–Crippen LogP) is 3.40. The van der Waals surface area contributed by atoms with Gasteiger partial charge in [0.15, 0.2) is 0 Å². The molecule has 0 saturated heterocycles. The molecule has 0 saturated carbocycles. The normalized spacial score (nSPS) is 12.2. The zero-order chi connectivity index (χ0) is 16.4. The Morgan fingerprint density at radius 1 is 1.13 bits per heavy atom. The molecule has 2 aromatic heterocycles. The monoisotopic (exact) mass is 311 g/mol. The minimum absolute atomic E-state index is 0.00696. The second-order valence-electron chi connectivity index (χ2n) is 5.31. The maximum absolute atomic E-state index is 13.9. The van der Waals surface area contributed by atoms with Gasteiger partial charge >= 0.3 is 0 Å². The van der Waals surface area contributed by atoms with E-state index in [4.69, 9.17) is 0 Å². The maximum Gasteiger partial charge on any atom is 0.149 e. The smallest absolute Gasteiger partial charge is 0.149 e. The molecule has 0 unspecified atom stereocenters. The van der Waals surface area contributed by atoms with Crippen molar-refractivity contribution in [2.45, 2.75) is 13.0 Å². The van der Waals surface area contributed by atoms with Gasteiger partial charge in [0, 0.05) is 31.2 Å². The molecule has 0 bridgehead atoms. The Hall–Kier alpha value is -2.76. The SMILES string of the molecule is CNc1ncccc1[C@H](C)N(C)c1ncnc2c(F)cccc12. The molecule has 118 valence electrons. The summed E-state index contributed by atoms with van der Waals surface area (Å²) in [5.74, 6) is 1.16. The van der Waals surface area contributed by atoms with E-state index in [-0.39, 0.29) is 11.9 Å². The van der Waals surface area contributed by atoms with Crippen LogP contribution in [-0.4, -0.2) is 29.0 Å². The van der Waals surface area contributed by atoms with E-state index in [0.717, 1.165) is 11.4 Å². The fraction of sp³-hybridized carbons (Fsp3) is 0.235. The summed E-state index contributed by atoms with van der Waals surface area (Å²) in [6, 6.07) is 8.84. The molecule has 3 rings (SSSR count). The Morgan fingerprint density at radius 3 is 2.74 bits per heavy atom. The standard InChI is InChI=1S/C17H18FN5/c1-11(12-7-5-9-20-16(12)19-2)23(3)17-13-6-4-8-14(18)15(13)21-10-22-17/h4-11H,1-3H3,(H,19,20)/t11-/m0/s1. The van der Waals surface area contributed by atoms with Gasteiger partial charge in [-0.3, -0.25) is 0 Å². The first-order chi connectivity index (χ1) is 11.1. The van der Waals surface area contributed by atoms with Gasteiger partial charge in [-0.2, -0.15) is 0 Å². The third kappa shape index (κ3) is 2.67. The molecule has 5 nitrogen and oxygen atoms in total. The summed E-state index contributed by atoms with van der Waals surface area (Å²) in [6.45, 7) is 2.06. The highest BCUT2D eigenvalue weighted by molar-refractivity contribution is 5.89. The zero-order valence-corrected chi connectivity index (χ0v) is 13.3. The van der Waals surface area contributed by atoms with Crippen LogP contribution in [0.3, 0.4) is 0 Å². The van der Waals surface area contributed by atoms with E-state index in [1.165, 1.54) is 12.4 Å². The molecule has 1 N–H and O–H groups in total. The first kappa shape index (κ1) is 15.1. The van der Waals surface area contributed by atoms with Gasteiger partial charge in [-0.25, -0.2) is 19.3 Å². The van der Waals surface area contributed by atoms with Crippen molar-refractivity contribution in [2.75, 3.05) is 24.3 Å². The van der Waals surface area contributed by atoms with Gasteiger partial charge in [0.2, 0.25) is 0 Å². The molecule has 3 aromatic rings. The molecular formula is C17H18FN5. The predicted molar refractivity (Wildman–Crippen MR) is 90.1 cm³/mol.